The molecular weight excluding hydrogens is 426 g/mol. The van der Waals surface area contributed by atoms with E-state index in [2.05, 4.69) is 22.2 Å². The van der Waals surface area contributed by atoms with E-state index >= 15 is 0 Å². The molecule has 1 N–H and O–H groups in total. The maximum Gasteiger partial charge on any atom is 0.232 e. The summed E-state index contributed by atoms with van der Waals surface area (Å²) in [6.45, 7) is 2.87. The third-order valence-corrected chi connectivity index (χ3v) is 6.28. The van der Waals surface area contributed by atoms with Crippen molar-refractivity contribution >= 4 is 33.7 Å². The summed E-state index contributed by atoms with van der Waals surface area (Å²) in [7, 11) is 0. The van der Waals surface area contributed by atoms with Crippen molar-refractivity contribution in [3.63, 3.8) is 0 Å². The van der Waals surface area contributed by atoms with Gasteiger partial charge in [-0.25, -0.2) is 9.97 Å². The average Bonchev–Trinajstić information content (AvgIpc) is 3.45. The van der Waals surface area contributed by atoms with Crippen molar-refractivity contribution in [1.82, 2.24) is 9.97 Å². The van der Waals surface area contributed by atoms with Crippen molar-refractivity contribution in [3.05, 3.63) is 71.1 Å². The van der Waals surface area contributed by atoms with E-state index in [-0.39, 0.29) is 12.3 Å². The largest absolute Gasteiger partial charge is 0.494 e. The summed E-state index contributed by atoms with van der Waals surface area (Å²) in [5, 5.41) is 8.26. The molecule has 1 amide bonds. The van der Waals surface area contributed by atoms with E-state index in [1.807, 2.05) is 65.4 Å². The zero-order chi connectivity index (χ0) is 21.5. The fourth-order valence-corrected chi connectivity index (χ4v) is 4.51. The van der Waals surface area contributed by atoms with Gasteiger partial charge in [-0.3, -0.25) is 4.79 Å². The number of rotatable bonds is 9. The van der Waals surface area contributed by atoms with Gasteiger partial charge in [-0.15, -0.1) is 22.7 Å². The maximum atomic E-state index is 12.4. The lowest BCUT2D eigenvalue weighted by Gasteiger charge is -2.05. The molecule has 0 aliphatic rings. The second kappa shape index (κ2) is 10.3. The highest BCUT2D eigenvalue weighted by atomic mass is 32.1. The summed E-state index contributed by atoms with van der Waals surface area (Å²) < 4.78 is 5.70. The maximum absolute atomic E-state index is 12.4. The second-order valence-electron chi connectivity index (χ2n) is 7.00. The van der Waals surface area contributed by atoms with Gasteiger partial charge in [-0.1, -0.05) is 43.7 Å². The van der Waals surface area contributed by atoms with Crippen molar-refractivity contribution < 1.29 is 9.53 Å². The Balaban J connectivity index is 1.33. The Bertz CT molecular complexity index is 1120. The highest BCUT2D eigenvalue weighted by Gasteiger charge is 2.12. The van der Waals surface area contributed by atoms with Crippen LogP contribution >= 0.6 is 22.7 Å². The number of hydrogen-bond acceptors (Lipinski definition) is 6. The number of hydrogen-bond donors (Lipinski definition) is 1. The van der Waals surface area contributed by atoms with Crippen LogP contribution in [0.1, 0.15) is 25.5 Å². The Labute approximate surface area is 189 Å². The number of nitrogens with one attached hydrogen (secondary N) is 1. The standard InChI is InChI=1S/C24H23N3O2S2/c1-2-3-13-29-20-11-9-17(10-12-20)21-16-31-24(26-21)27-22(28)14-19-15-30-23(25-19)18-7-5-4-6-8-18/h4-12,15-16H,2-3,13-14H2,1H3,(H,26,27,28). The topological polar surface area (TPSA) is 64.1 Å². The lowest BCUT2D eigenvalue weighted by Crippen LogP contribution is -2.14. The molecule has 5 nitrogen and oxygen atoms in total. The van der Waals surface area contributed by atoms with Crippen LogP contribution in [0.25, 0.3) is 21.8 Å². The van der Waals surface area contributed by atoms with Gasteiger partial charge < -0.3 is 10.1 Å². The first-order chi connectivity index (χ1) is 15.2. The average molecular weight is 450 g/mol. The third kappa shape index (κ3) is 5.77. The van der Waals surface area contributed by atoms with Crippen LogP contribution in [0.2, 0.25) is 0 Å². The molecule has 31 heavy (non-hydrogen) atoms. The monoisotopic (exact) mass is 449 g/mol. The number of thiazole rings is 2. The number of carbonyl (C=O) groups is 1. The molecule has 0 saturated heterocycles. The molecule has 0 aliphatic heterocycles. The predicted octanol–water partition coefficient (Wildman–Crippen LogP) is 6.29. The van der Waals surface area contributed by atoms with Crippen LogP contribution in [0, 0.1) is 0 Å². The molecule has 0 unspecified atom stereocenters. The van der Waals surface area contributed by atoms with Crippen LogP contribution < -0.4 is 10.1 Å². The van der Waals surface area contributed by atoms with E-state index in [0.717, 1.165) is 52.7 Å². The van der Waals surface area contributed by atoms with E-state index in [9.17, 15) is 4.79 Å². The Hall–Kier alpha value is -3.03. The van der Waals surface area contributed by atoms with Gasteiger partial charge in [0.1, 0.15) is 10.8 Å². The number of ether oxygens (including phenoxy) is 1. The molecule has 0 radical (unpaired) electrons. The van der Waals surface area contributed by atoms with Crippen molar-refractivity contribution in [3.8, 4) is 27.6 Å². The first kappa shape index (κ1) is 21.2. The molecule has 4 rings (SSSR count). The lowest BCUT2D eigenvalue weighted by molar-refractivity contribution is -0.115. The first-order valence-corrected chi connectivity index (χ1v) is 12.0. The van der Waals surface area contributed by atoms with E-state index in [1.54, 1.807) is 11.3 Å². The minimum Gasteiger partial charge on any atom is -0.494 e. The fraction of sp³-hybridized carbons (Fsp3) is 0.208. The third-order valence-electron chi connectivity index (χ3n) is 4.58. The predicted molar refractivity (Wildman–Crippen MR) is 128 cm³/mol. The number of amides is 1. The summed E-state index contributed by atoms with van der Waals surface area (Å²) in [4.78, 5) is 21.6. The summed E-state index contributed by atoms with van der Waals surface area (Å²) in [6.07, 6.45) is 2.38. The Morgan fingerprint density at radius 3 is 2.55 bits per heavy atom. The van der Waals surface area contributed by atoms with Crippen LogP contribution in [0.4, 0.5) is 5.13 Å². The van der Waals surface area contributed by atoms with Crippen molar-refractivity contribution in [1.29, 1.82) is 0 Å². The van der Waals surface area contributed by atoms with E-state index in [1.165, 1.54) is 11.3 Å². The summed E-state index contributed by atoms with van der Waals surface area (Å²) in [5.41, 5.74) is 3.65. The molecule has 0 fully saturated rings. The highest BCUT2D eigenvalue weighted by Crippen LogP contribution is 2.27. The van der Waals surface area contributed by atoms with Crippen LogP contribution in [0.15, 0.2) is 65.4 Å². The van der Waals surface area contributed by atoms with Crippen LogP contribution in [-0.2, 0) is 11.2 Å². The summed E-state index contributed by atoms with van der Waals surface area (Å²) in [6, 6.07) is 17.9. The molecule has 4 aromatic rings. The Morgan fingerprint density at radius 1 is 0.968 bits per heavy atom. The van der Waals surface area contributed by atoms with Gasteiger partial charge in [0.25, 0.3) is 0 Å². The van der Waals surface area contributed by atoms with Gasteiger partial charge in [0.2, 0.25) is 5.91 Å². The van der Waals surface area contributed by atoms with E-state index < -0.39 is 0 Å². The van der Waals surface area contributed by atoms with Crippen LogP contribution in [-0.4, -0.2) is 22.5 Å². The SMILES string of the molecule is CCCCOc1ccc(-c2csc(NC(=O)Cc3csc(-c4ccccc4)n3)n2)cc1. The van der Waals surface area contributed by atoms with E-state index in [4.69, 9.17) is 4.74 Å². The zero-order valence-electron chi connectivity index (χ0n) is 17.2. The molecule has 0 aliphatic carbocycles. The smallest absolute Gasteiger partial charge is 0.232 e. The molecule has 7 heteroatoms. The molecule has 0 atom stereocenters. The Kier molecular flexibility index (Phi) is 7.07. The van der Waals surface area contributed by atoms with Gasteiger partial charge in [-0.2, -0.15) is 0 Å². The number of nitrogens with zero attached hydrogens (tertiary/aromatic N) is 2. The molecule has 2 aromatic carbocycles. The summed E-state index contributed by atoms with van der Waals surface area (Å²) in [5.74, 6) is 0.740. The minimum atomic E-state index is -0.120. The van der Waals surface area contributed by atoms with Gasteiger partial charge in [0, 0.05) is 21.9 Å². The number of benzene rings is 2. The van der Waals surface area contributed by atoms with Gasteiger partial charge in [0.05, 0.1) is 24.4 Å². The fourth-order valence-electron chi connectivity index (χ4n) is 2.95. The normalized spacial score (nSPS) is 10.7. The van der Waals surface area contributed by atoms with Crippen LogP contribution in [0.5, 0.6) is 5.75 Å². The highest BCUT2D eigenvalue weighted by molar-refractivity contribution is 7.14. The molecule has 2 heterocycles. The van der Waals surface area contributed by atoms with Gasteiger partial charge >= 0.3 is 0 Å². The minimum absolute atomic E-state index is 0.120. The second-order valence-corrected chi connectivity index (χ2v) is 8.72. The lowest BCUT2D eigenvalue weighted by atomic mass is 10.2. The molecule has 0 spiro atoms. The van der Waals surface area contributed by atoms with Gasteiger partial charge in [-0.05, 0) is 30.7 Å². The van der Waals surface area contributed by atoms with Crippen molar-refractivity contribution in [2.45, 2.75) is 26.2 Å². The number of aromatic nitrogens is 2. The van der Waals surface area contributed by atoms with E-state index in [0.29, 0.717) is 5.13 Å². The van der Waals surface area contributed by atoms with Crippen LogP contribution in [0.3, 0.4) is 0 Å². The Morgan fingerprint density at radius 2 is 1.77 bits per heavy atom. The molecule has 158 valence electrons. The molecule has 0 saturated carbocycles. The summed E-state index contributed by atoms with van der Waals surface area (Å²) >= 11 is 2.96. The van der Waals surface area contributed by atoms with Gasteiger partial charge in [0.15, 0.2) is 5.13 Å². The number of unbranched alkanes of at least 4 members (excludes halogenated alkanes) is 1. The molecular formula is C24H23N3O2S2. The molecule has 0 bridgehead atoms. The first-order valence-electron chi connectivity index (χ1n) is 10.2. The number of carbonyl (C=O) groups excluding carboxylic acids is 1. The quantitative estimate of drug-likeness (QED) is 0.305. The van der Waals surface area contributed by atoms with Crippen molar-refractivity contribution in [2.24, 2.45) is 0 Å². The number of anilines is 1. The molecule has 2 aromatic heterocycles. The van der Waals surface area contributed by atoms with Crippen molar-refractivity contribution in [2.75, 3.05) is 11.9 Å². The zero-order valence-corrected chi connectivity index (χ0v) is 18.8.